The maximum Gasteiger partial charge on any atom is 0.138 e. The standard InChI is InChI=1S/C16H28N4/c1-11-6-8-12(9-7-11)20(5)14-10-13(17)18-15(19-14)16(2,3)4/h10-12H,6-9H2,1-5H3,(H2,17,18,19). The second-order valence-electron chi connectivity index (χ2n) is 7.25. The largest absolute Gasteiger partial charge is 0.384 e. The molecular weight excluding hydrogens is 248 g/mol. The van der Waals surface area contributed by atoms with E-state index in [1.807, 2.05) is 6.07 Å². The molecule has 0 saturated heterocycles. The molecule has 0 unspecified atom stereocenters. The van der Waals surface area contributed by atoms with Crippen molar-refractivity contribution in [3.05, 3.63) is 11.9 Å². The Morgan fingerprint density at radius 3 is 2.30 bits per heavy atom. The predicted octanol–water partition coefficient (Wildman–Crippen LogP) is 3.37. The third kappa shape index (κ3) is 3.41. The summed E-state index contributed by atoms with van der Waals surface area (Å²) in [4.78, 5) is 11.4. The summed E-state index contributed by atoms with van der Waals surface area (Å²) in [5.41, 5.74) is 5.89. The van der Waals surface area contributed by atoms with Crippen LogP contribution in [-0.2, 0) is 5.41 Å². The van der Waals surface area contributed by atoms with Gasteiger partial charge in [-0.15, -0.1) is 0 Å². The van der Waals surface area contributed by atoms with Crippen LogP contribution >= 0.6 is 0 Å². The normalized spacial score (nSPS) is 23.6. The van der Waals surface area contributed by atoms with Gasteiger partial charge in [-0.3, -0.25) is 0 Å². The van der Waals surface area contributed by atoms with E-state index in [0.717, 1.165) is 17.6 Å². The van der Waals surface area contributed by atoms with Crippen molar-refractivity contribution in [1.29, 1.82) is 0 Å². The molecule has 2 rings (SSSR count). The monoisotopic (exact) mass is 276 g/mol. The first-order valence-electron chi connectivity index (χ1n) is 7.65. The second-order valence-corrected chi connectivity index (χ2v) is 7.25. The molecule has 0 amide bonds. The van der Waals surface area contributed by atoms with Crippen LogP contribution in [0.1, 0.15) is 59.2 Å². The summed E-state index contributed by atoms with van der Waals surface area (Å²) in [5, 5.41) is 0. The second kappa shape index (κ2) is 5.58. The lowest BCUT2D eigenvalue weighted by Crippen LogP contribution is -2.36. The molecule has 1 saturated carbocycles. The molecule has 1 fully saturated rings. The zero-order valence-electron chi connectivity index (χ0n) is 13.5. The number of anilines is 2. The molecule has 1 aliphatic carbocycles. The number of nitrogens with two attached hydrogens (primary N) is 1. The number of hydrogen-bond acceptors (Lipinski definition) is 4. The first kappa shape index (κ1) is 15.1. The van der Waals surface area contributed by atoms with Gasteiger partial charge in [-0.05, 0) is 31.6 Å². The van der Waals surface area contributed by atoms with Crippen molar-refractivity contribution in [2.45, 2.75) is 64.8 Å². The van der Waals surface area contributed by atoms with E-state index in [9.17, 15) is 0 Å². The molecule has 4 nitrogen and oxygen atoms in total. The van der Waals surface area contributed by atoms with Crippen LogP contribution in [0.2, 0.25) is 0 Å². The Bertz CT molecular complexity index is 456. The van der Waals surface area contributed by atoms with Crippen molar-refractivity contribution < 1.29 is 0 Å². The van der Waals surface area contributed by atoms with Gasteiger partial charge in [0.2, 0.25) is 0 Å². The summed E-state index contributed by atoms with van der Waals surface area (Å²) in [5.74, 6) is 3.21. The Kier molecular flexibility index (Phi) is 4.21. The maximum absolute atomic E-state index is 5.97. The Morgan fingerprint density at radius 2 is 1.75 bits per heavy atom. The van der Waals surface area contributed by atoms with Crippen LogP contribution in [0.3, 0.4) is 0 Å². The summed E-state index contributed by atoms with van der Waals surface area (Å²) in [6.45, 7) is 8.70. The van der Waals surface area contributed by atoms with Gasteiger partial charge in [0.1, 0.15) is 17.5 Å². The minimum atomic E-state index is -0.0773. The van der Waals surface area contributed by atoms with Crippen LogP contribution in [0.15, 0.2) is 6.07 Å². The fourth-order valence-electron chi connectivity index (χ4n) is 2.79. The summed E-state index contributed by atoms with van der Waals surface area (Å²) >= 11 is 0. The fraction of sp³-hybridized carbons (Fsp3) is 0.750. The third-order valence-electron chi connectivity index (χ3n) is 4.30. The number of rotatable bonds is 2. The zero-order chi connectivity index (χ0) is 14.9. The minimum Gasteiger partial charge on any atom is -0.384 e. The lowest BCUT2D eigenvalue weighted by atomic mass is 9.87. The van der Waals surface area contributed by atoms with E-state index in [-0.39, 0.29) is 5.41 Å². The van der Waals surface area contributed by atoms with Crippen LogP contribution in [0.4, 0.5) is 11.6 Å². The minimum absolute atomic E-state index is 0.0773. The van der Waals surface area contributed by atoms with E-state index in [4.69, 9.17) is 10.7 Å². The highest BCUT2D eigenvalue weighted by atomic mass is 15.2. The van der Waals surface area contributed by atoms with Gasteiger partial charge in [0, 0.05) is 24.6 Å². The van der Waals surface area contributed by atoms with E-state index < -0.39 is 0 Å². The smallest absolute Gasteiger partial charge is 0.138 e. The highest BCUT2D eigenvalue weighted by Gasteiger charge is 2.25. The Balaban J connectivity index is 2.21. The molecule has 112 valence electrons. The molecule has 1 aromatic heterocycles. The number of nitrogen functional groups attached to an aromatic ring is 1. The van der Waals surface area contributed by atoms with Crippen LogP contribution in [-0.4, -0.2) is 23.1 Å². The van der Waals surface area contributed by atoms with Crippen LogP contribution < -0.4 is 10.6 Å². The van der Waals surface area contributed by atoms with Crippen LogP contribution in [0.5, 0.6) is 0 Å². The molecule has 1 heterocycles. The van der Waals surface area contributed by atoms with Gasteiger partial charge in [-0.25, -0.2) is 9.97 Å². The zero-order valence-corrected chi connectivity index (χ0v) is 13.5. The van der Waals surface area contributed by atoms with Crippen molar-refractivity contribution >= 4 is 11.6 Å². The van der Waals surface area contributed by atoms with E-state index in [2.05, 4.69) is 44.6 Å². The molecule has 0 bridgehead atoms. The van der Waals surface area contributed by atoms with Gasteiger partial charge in [0.25, 0.3) is 0 Å². The lowest BCUT2D eigenvalue weighted by Gasteiger charge is -2.34. The van der Waals surface area contributed by atoms with E-state index in [0.29, 0.717) is 11.9 Å². The molecule has 2 N–H and O–H groups in total. The van der Waals surface area contributed by atoms with Gasteiger partial charge in [0.15, 0.2) is 0 Å². The molecule has 1 aromatic rings. The average Bonchev–Trinajstić information content (AvgIpc) is 2.37. The van der Waals surface area contributed by atoms with Crippen molar-refractivity contribution in [3.63, 3.8) is 0 Å². The van der Waals surface area contributed by atoms with Crippen LogP contribution in [0.25, 0.3) is 0 Å². The number of hydrogen-bond donors (Lipinski definition) is 1. The molecule has 0 atom stereocenters. The summed E-state index contributed by atoms with van der Waals surface area (Å²) in [6.07, 6.45) is 5.10. The fourth-order valence-corrected chi connectivity index (χ4v) is 2.79. The summed E-state index contributed by atoms with van der Waals surface area (Å²) < 4.78 is 0. The number of nitrogens with zero attached hydrogens (tertiary/aromatic N) is 3. The lowest BCUT2D eigenvalue weighted by molar-refractivity contribution is 0.339. The van der Waals surface area contributed by atoms with Gasteiger partial charge < -0.3 is 10.6 Å². The van der Waals surface area contributed by atoms with E-state index >= 15 is 0 Å². The molecular formula is C16H28N4. The predicted molar refractivity (Wildman–Crippen MR) is 85.0 cm³/mol. The highest BCUT2D eigenvalue weighted by molar-refractivity contribution is 5.47. The summed E-state index contributed by atoms with van der Waals surface area (Å²) in [6, 6.07) is 2.47. The topological polar surface area (TPSA) is 55.0 Å². The molecule has 0 spiro atoms. The third-order valence-corrected chi connectivity index (χ3v) is 4.30. The van der Waals surface area contributed by atoms with Gasteiger partial charge in [-0.2, -0.15) is 0 Å². The molecule has 0 aromatic carbocycles. The summed E-state index contributed by atoms with van der Waals surface area (Å²) in [7, 11) is 2.13. The first-order chi connectivity index (χ1) is 9.27. The molecule has 20 heavy (non-hydrogen) atoms. The SMILES string of the molecule is CC1CCC(N(C)c2cc(N)nc(C(C)(C)C)n2)CC1. The van der Waals surface area contributed by atoms with Crippen molar-refractivity contribution in [2.75, 3.05) is 17.7 Å². The average molecular weight is 276 g/mol. The Labute approximate surface area is 122 Å². The number of aromatic nitrogens is 2. The quantitative estimate of drug-likeness (QED) is 0.899. The first-order valence-corrected chi connectivity index (χ1v) is 7.65. The highest BCUT2D eigenvalue weighted by Crippen LogP contribution is 2.30. The van der Waals surface area contributed by atoms with Gasteiger partial charge in [0.05, 0.1) is 0 Å². The van der Waals surface area contributed by atoms with Gasteiger partial charge >= 0.3 is 0 Å². The molecule has 0 radical (unpaired) electrons. The van der Waals surface area contributed by atoms with Crippen molar-refractivity contribution in [2.24, 2.45) is 5.92 Å². The molecule has 0 aliphatic heterocycles. The maximum atomic E-state index is 5.97. The molecule has 4 heteroatoms. The van der Waals surface area contributed by atoms with Crippen molar-refractivity contribution in [1.82, 2.24) is 9.97 Å². The van der Waals surface area contributed by atoms with Crippen LogP contribution in [0, 0.1) is 5.92 Å². The van der Waals surface area contributed by atoms with Gasteiger partial charge in [-0.1, -0.05) is 27.7 Å². The Morgan fingerprint density at radius 1 is 1.15 bits per heavy atom. The van der Waals surface area contributed by atoms with Crippen molar-refractivity contribution in [3.8, 4) is 0 Å². The molecule has 1 aliphatic rings. The van der Waals surface area contributed by atoms with E-state index in [1.54, 1.807) is 0 Å². The van der Waals surface area contributed by atoms with E-state index in [1.165, 1.54) is 25.7 Å². The Hall–Kier alpha value is -1.32.